The third-order valence-corrected chi connectivity index (χ3v) is 2.59. The highest BCUT2D eigenvalue weighted by atomic mass is 16.4. The molecule has 2 amide bonds. The van der Waals surface area contributed by atoms with Crippen LogP contribution in [0.4, 0.5) is 0 Å². The van der Waals surface area contributed by atoms with Gasteiger partial charge in [0, 0.05) is 0 Å². The lowest BCUT2D eigenvalue weighted by Crippen LogP contribution is -2.46. The lowest BCUT2D eigenvalue weighted by Gasteiger charge is -2.12. The molecule has 0 saturated carbocycles. The molecule has 0 heterocycles. The lowest BCUT2D eigenvalue weighted by molar-refractivity contribution is -0.137. The summed E-state index contributed by atoms with van der Waals surface area (Å²) in [5, 5.41) is 21.9. The molecule has 0 unspecified atom stereocenters. The Morgan fingerprint density at radius 2 is 1.71 bits per heavy atom. The molecule has 0 aliphatic heterocycles. The van der Waals surface area contributed by atoms with Crippen molar-refractivity contribution in [2.75, 3.05) is 13.1 Å². The summed E-state index contributed by atoms with van der Waals surface area (Å²) in [5.74, 6) is -2.18. The fourth-order valence-electron chi connectivity index (χ4n) is 1.51. The molecule has 1 aromatic rings. The number of carboxylic acids is 1. The molecule has 1 rings (SSSR count). The number of carboxylic acid groups (broad SMARTS) is 1. The molecule has 8 heteroatoms. The molecular weight excluding hydrogens is 278 g/mol. The van der Waals surface area contributed by atoms with E-state index in [0.717, 1.165) is 5.56 Å². The van der Waals surface area contributed by atoms with E-state index in [-0.39, 0.29) is 18.7 Å². The van der Waals surface area contributed by atoms with Crippen LogP contribution in [-0.2, 0) is 20.8 Å². The van der Waals surface area contributed by atoms with Crippen molar-refractivity contribution < 1.29 is 24.6 Å². The van der Waals surface area contributed by atoms with E-state index in [1.54, 1.807) is 12.1 Å². The van der Waals surface area contributed by atoms with E-state index in [1.807, 2.05) is 0 Å². The van der Waals surface area contributed by atoms with Gasteiger partial charge < -0.3 is 26.6 Å². The van der Waals surface area contributed by atoms with Crippen LogP contribution in [0.1, 0.15) is 5.56 Å². The van der Waals surface area contributed by atoms with Crippen molar-refractivity contribution in [1.82, 2.24) is 10.6 Å². The third-order valence-electron chi connectivity index (χ3n) is 2.59. The maximum Gasteiger partial charge on any atom is 0.322 e. The predicted molar refractivity (Wildman–Crippen MR) is 73.4 cm³/mol. The van der Waals surface area contributed by atoms with Crippen LogP contribution in [0.2, 0.25) is 0 Å². The van der Waals surface area contributed by atoms with Crippen LogP contribution in [0.25, 0.3) is 0 Å². The van der Waals surface area contributed by atoms with E-state index in [1.165, 1.54) is 12.1 Å². The zero-order valence-corrected chi connectivity index (χ0v) is 11.2. The Balaban J connectivity index is 2.35. The van der Waals surface area contributed by atoms with Crippen molar-refractivity contribution >= 4 is 17.8 Å². The highest BCUT2D eigenvalue weighted by Gasteiger charge is 2.15. The Morgan fingerprint density at radius 1 is 1.10 bits per heavy atom. The lowest BCUT2D eigenvalue weighted by atomic mass is 10.1. The van der Waals surface area contributed by atoms with Crippen molar-refractivity contribution in [3.8, 4) is 5.75 Å². The average Bonchev–Trinajstić information content (AvgIpc) is 2.44. The van der Waals surface area contributed by atoms with Gasteiger partial charge in [0.25, 0.3) is 0 Å². The Morgan fingerprint density at radius 3 is 2.29 bits per heavy atom. The standard InChI is InChI=1S/C13H17N3O5/c14-10(5-8-1-3-9(17)4-2-8)13(21)16-6-11(18)15-7-12(19)20/h1-4,10,17H,5-7,14H2,(H,15,18)(H,16,21)(H,19,20)/t10-/m1/s1. The maximum atomic E-state index is 11.7. The number of hydrogen-bond donors (Lipinski definition) is 5. The molecule has 1 aromatic carbocycles. The minimum Gasteiger partial charge on any atom is -0.508 e. The number of phenolic OH excluding ortho intramolecular Hbond substituents is 1. The second-order valence-electron chi connectivity index (χ2n) is 4.37. The minimum atomic E-state index is -1.17. The third kappa shape index (κ3) is 6.39. The largest absolute Gasteiger partial charge is 0.508 e. The number of carbonyl (C=O) groups excluding carboxylic acids is 2. The van der Waals surface area contributed by atoms with Gasteiger partial charge in [-0.15, -0.1) is 0 Å². The summed E-state index contributed by atoms with van der Waals surface area (Å²) >= 11 is 0. The van der Waals surface area contributed by atoms with Crippen LogP contribution in [0.5, 0.6) is 5.75 Å². The van der Waals surface area contributed by atoms with Gasteiger partial charge in [-0.25, -0.2) is 0 Å². The minimum absolute atomic E-state index is 0.117. The van der Waals surface area contributed by atoms with E-state index in [2.05, 4.69) is 10.6 Å². The molecular formula is C13H17N3O5. The van der Waals surface area contributed by atoms with Gasteiger partial charge in [0.05, 0.1) is 12.6 Å². The summed E-state index contributed by atoms with van der Waals surface area (Å²) in [6.07, 6.45) is 0.253. The first-order valence-corrected chi connectivity index (χ1v) is 6.18. The van der Waals surface area contributed by atoms with E-state index in [9.17, 15) is 14.4 Å². The van der Waals surface area contributed by atoms with Crippen molar-refractivity contribution in [3.05, 3.63) is 29.8 Å². The molecule has 0 radical (unpaired) electrons. The first-order chi connectivity index (χ1) is 9.88. The summed E-state index contributed by atoms with van der Waals surface area (Å²) < 4.78 is 0. The number of phenols is 1. The van der Waals surface area contributed by atoms with Gasteiger partial charge in [-0.1, -0.05) is 12.1 Å². The van der Waals surface area contributed by atoms with Crippen molar-refractivity contribution in [1.29, 1.82) is 0 Å². The number of nitrogens with one attached hydrogen (secondary N) is 2. The predicted octanol–water partition coefficient (Wildman–Crippen LogP) is -1.42. The second-order valence-corrected chi connectivity index (χ2v) is 4.37. The van der Waals surface area contributed by atoms with E-state index in [0.29, 0.717) is 0 Å². The number of rotatable bonds is 7. The zero-order chi connectivity index (χ0) is 15.8. The molecule has 0 spiro atoms. The topological polar surface area (TPSA) is 142 Å². The number of carbonyl (C=O) groups is 3. The highest BCUT2D eigenvalue weighted by molar-refractivity contribution is 5.88. The van der Waals surface area contributed by atoms with Crippen LogP contribution < -0.4 is 16.4 Å². The SMILES string of the molecule is N[C@H](Cc1ccc(O)cc1)C(=O)NCC(=O)NCC(=O)O. The molecule has 0 aliphatic carbocycles. The average molecular weight is 295 g/mol. The molecule has 0 fully saturated rings. The van der Waals surface area contributed by atoms with Crippen LogP contribution in [0.3, 0.4) is 0 Å². The summed E-state index contributed by atoms with van der Waals surface area (Å²) in [4.78, 5) is 33.1. The van der Waals surface area contributed by atoms with Crippen LogP contribution in [-0.4, -0.2) is 47.1 Å². The number of nitrogens with two attached hydrogens (primary N) is 1. The molecule has 6 N–H and O–H groups in total. The second kappa shape index (κ2) is 7.85. The van der Waals surface area contributed by atoms with Crippen LogP contribution >= 0.6 is 0 Å². The summed E-state index contributed by atoms with van der Waals surface area (Å²) in [6, 6.07) is 5.41. The van der Waals surface area contributed by atoms with Gasteiger partial charge in [0.1, 0.15) is 12.3 Å². The highest BCUT2D eigenvalue weighted by Crippen LogP contribution is 2.10. The molecule has 0 saturated heterocycles. The first-order valence-electron chi connectivity index (χ1n) is 6.18. The van der Waals surface area contributed by atoms with Crippen molar-refractivity contribution in [3.63, 3.8) is 0 Å². The smallest absolute Gasteiger partial charge is 0.322 e. The molecule has 1 atom stereocenters. The molecule has 21 heavy (non-hydrogen) atoms. The normalized spacial score (nSPS) is 11.5. The van der Waals surface area contributed by atoms with Gasteiger partial charge in [-0.3, -0.25) is 14.4 Å². The van der Waals surface area contributed by atoms with Crippen molar-refractivity contribution in [2.45, 2.75) is 12.5 Å². The summed E-state index contributed by atoms with van der Waals surface area (Å²) in [7, 11) is 0. The number of aromatic hydroxyl groups is 1. The number of aliphatic carboxylic acids is 1. The van der Waals surface area contributed by atoms with Crippen molar-refractivity contribution in [2.24, 2.45) is 5.73 Å². The maximum absolute atomic E-state index is 11.7. The Hall–Kier alpha value is -2.61. The van der Waals surface area contributed by atoms with Crippen LogP contribution in [0.15, 0.2) is 24.3 Å². The zero-order valence-electron chi connectivity index (χ0n) is 11.2. The quantitative estimate of drug-likeness (QED) is 0.418. The first kappa shape index (κ1) is 16.4. The van der Waals surface area contributed by atoms with Crippen LogP contribution in [0, 0.1) is 0 Å². The number of benzene rings is 1. The Labute approximate surface area is 120 Å². The van der Waals surface area contributed by atoms with Gasteiger partial charge >= 0.3 is 5.97 Å². The molecule has 0 aliphatic rings. The Bertz CT molecular complexity index is 515. The van der Waals surface area contributed by atoms with Gasteiger partial charge in [0.15, 0.2) is 0 Å². The molecule has 0 bridgehead atoms. The van der Waals surface area contributed by atoms with Gasteiger partial charge in [-0.05, 0) is 24.1 Å². The fourth-order valence-corrected chi connectivity index (χ4v) is 1.51. The monoisotopic (exact) mass is 295 g/mol. The summed E-state index contributed by atoms with van der Waals surface area (Å²) in [6.45, 7) is -0.844. The van der Waals surface area contributed by atoms with E-state index in [4.69, 9.17) is 15.9 Å². The molecule has 114 valence electrons. The Kier molecular flexibility index (Phi) is 6.15. The molecule has 0 aromatic heterocycles. The van der Waals surface area contributed by atoms with E-state index < -0.39 is 30.4 Å². The van der Waals surface area contributed by atoms with Gasteiger partial charge in [-0.2, -0.15) is 0 Å². The number of amides is 2. The van der Waals surface area contributed by atoms with E-state index >= 15 is 0 Å². The fraction of sp³-hybridized carbons (Fsp3) is 0.308. The number of hydrogen-bond acceptors (Lipinski definition) is 5. The summed E-state index contributed by atoms with van der Waals surface area (Å²) in [5.41, 5.74) is 6.46. The molecule has 8 nitrogen and oxygen atoms in total. The van der Waals surface area contributed by atoms with Gasteiger partial charge in [0.2, 0.25) is 11.8 Å².